The largest absolute Gasteiger partial charge is 0.309 e. The summed E-state index contributed by atoms with van der Waals surface area (Å²) in [5.74, 6) is 1.10. The number of aryl methyl sites for hydroxylation is 1. The Morgan fingerprint density at radius 2 is 1.27 bits per heavy atom. The normalized spacial score (nSPS) is 19.3. The second-order valence-corrected chi connectivity index (χ2v) is 17.7. The minimum absolute atomic E-state index is 0.00923. The van der Waals surface area contributed by atoms with Crippen molar-refractivity contribution < 1.29 is 0 Å². The minimum atomic E-state index is -0.0631. The number of rotatable bonds is 6. The van der Waals surface area contributed by atoms with Crippen molar-refractivity contribution in [2.24, 2.45) is 5.92 Å². The Labute approximate surface area is 330 Å². The van der Waals surface area contributed by atoms with Crippen LogP contribution in [0.15, 0.2) is 175 Å². The van der Waals surface area contributed by atoms with E-state index in [4.69, 9.17) is 0 Å². The molecule has 3 aliphatic rings. The van der Waals surface area contributed by atoms with E-state index in [9.17, 15) is 0 Å². The molecule has 11 rings (SSSR count). The van der Waals surface area contributed by atoms with Gasteiger partial charge in [-0.2, -0.15) is 0 Å². The SMILES string of the molecule is CC1(C)C2=CC3c4ccc(-n5c6ccccc6c6ccccc65)cc4C(C)(C)C3C=C2c2ccc(CCC(c3ccccc3)c3cccc4ccccc34)cc21. The quantitative estimate of drug-likeness (QED) is 0.161. The third kappa shape index (κ3) is 4.86. The molecule has 1 heterocycles. The summed E-state index contributed by atoms with van der Waals surface area (Å²) in [4.78, 5) is 0. The summed E-state index contributed by atoms with van der Waals surface area (Å²) in [6.45, 7) is 9.87. The zero-order valence-corrected chi connectivity index (χ0v) is 32.8. The van der Waals surface area contributed by atoms with Gasteiger partial charge in [0.2, 0.25) is 0 Å². The minimum Gasteiger partial charge on any atom is -0.309 e. The van der Waals surface area contributed by atoms with Gasteiger partial charge in [0.25, 0.3) is 0 Å². The van der Waals surface area contributed by atoms with Crippen LogP contribution in [0.2, 0.25) is 0 Å². The molecule has 1 heteroatoms. The number of allylic oxidation sites excluding steroid dienone is 4. The predicted molar refractivity (Wildman–Crippen MR) is 236 cm³/mol. The van der Waals surface area contributed by atoms with Gasteiger partial charge in [-0.25, -0.2) is 0 Å². The average molecular weight is 722 g/mol. The molecule has 1 nitrogen and oxygen atoms in total. The molecule has 0 saturated carbocycles. The zero-order valence-electron chi connectivity index (χ0n) is 32.8. The van der Waals surface area contributed by atoms with E-state index in [1.54, 1.807) is 0 Å². The number of hydrogen-bond acceptors (Lipinski definition) is 0. The highest BCUT2D eigenvalue weighted by Gasteiger charge is 2.50. The molecule has 0 aliphatic heterocycles. The Kier molecular flexibility index (Phi) is 7.33. The molecule has 56 heavy (non-hydrogen) atoms. The summed E-state index contributed by atoms with van der Waals surface area (Å²) < 4.78 is 2.47. The summed E-state index contributed by atoms with van der Waals surface area (Å²) in [5, 5.41) is 5.29. The van der Waals surface area contributed by atoms with Crippen LogP contribution in [-0.4, -0.2) is 4.57 Å². The van der Waals surface area contributed by atoms with Crippen molar-refractivity contribution >= 4 is 38.2 Å². The highest BCUT2D eigenvalue weighted by molar-refractivity contribution is 6.09. The molecule has 0 radical (unpaired) electrons. The maximum absolute atomic E-state index is 2.67. The number of nitrogens with zero attached hydrogens (tertiary/aromatic N) is 1. The van der Waals surface area contributed by atoms with E-state index in [0.717, 1.165) is 12.8 Å². The van der Waals surface area contributed by atoms with Crippen molar-refractivity contribution in [2.75, 3.05) is 0 Å². The Morgan fingerprint density at radius 1 is 0.589 bits per heavy atom. The lowest BCUT2D eigenvalue weighted by molar-refractivity contribution is 0.393. The first kappa shape index (κ1) is 33.4. The van der Waals surface area contributed by atoms with Gasteiger partial charge in [0.15, 0.2) is 0 Å². The number of fused-ring (bicyclic) bond motifs is 10. The van der Waals surface area contributed by atoms with Gasteiger partial charge < -0.3 is 4.57 Å². The van der Waals surface area contributed by atoms with Crippen LogP contribution in [0.4, 0.5) is 0 Å². The number of benzene rings is 7. The highest BCUT2D eigenvalue weighted by Crippen LogP contribution is 2.61. The van der Waals surface area contributed by atoms with Gasteiger partial charge in [-0.1, -0.05) is 173 Å². The molecule has 7 aromatic carbocycles. The lowest BCUT2D eigenvalue weighted by Gasteiger charge is -2.33. The monoisotopic (exact) mass is 721 g/mol. The fourth-order valence-corrected chi connectivity index (χ4v) is 11.1. The second kappa shape index (κ2) is 12.3. The first-order valence-corrected chi connectivity index (χ1v) is 20.5. The summed E-state index contributed by atoms with van der Waals surface area (Å²) in [7, 11) is 0. The number of para-hydroxylation sites is 2. The van der Waals surface area contributed by atoms with Gasteiger partial charge in [-0.15, -0.1) is 0 Å². The Morgan fingerprint density at radius 3 is 2.04 bits per heavy atom. The van der Waals surface area contributed by atoms with Crippen molar-refractivity contribution in [1.29, 1.82) is 0 Å². The van der Waals surface area contributed by atoms with E-state index in [1.165, 1.54) is 88.4 Å². The molecule has 3 atom stereocenters. The fourth-order valence-electron chi connectivity index (χ4n) is 11.1. The molecule has 1 aromatic heterocycles. The van der Waals surface area contributed by atoms with Crippen LogP contribution in [0.25, 0.3) is 43.8 Å². The van der Waals surface area contributed by atoms with Crippen molar-refractivity contribution in [2.45, 2.75) is 63.2 Å². The Balaban J connectivity index is 0.937. The molecule has 0 N–H and O–H groups in total. The molecule has 0 fully saturated rings. The zero-order chi connectivity index (χ0) is 37.8. The predicted octanol–water partition coefficient (Wildman–Crippen LogP) is 14.0. The maximum atomic E-state index is 2.67. The van der Waals surface area contributed by atoms with Gasteiger partial charge in [0.1, 0.15) is 0 Å². The van der Waals surface area contributed by atoms with E-state index >= 15 is 0 Å². The summed E-state index contributed by atoms with van der Waals surface area (Å²) in [6, 6.07) is 59.2. The van der Waals surface area contributed by atoms with Crippen LogP contribution < -0.4 is 0 Å². The van der Waals surface area contributed by atoms with Gasteiger partial charge >= 0.3 is 0 Å². The Bertz CT molecular complexity index is 2870. The fraction of sp³-hybridized carbons (Fsp3) is 0.200. The van der Waals surface area contributed by atoms with Gasteiger partial charge in [0.05, 0.1) is 11.0 Å². The van der Waals surface area contributed by atoms with E-state index in [2.05, 4.69) is 202 Å². The van der Waals surface area contributed by atoms with E-state index in [-0.39, 0.29) is 10.8 Å². The highest BCUT2D eigenvalue weighted by atomic mass is 15.0. The summed E-state index contributed by atoms with van der Waals surface area (Å²) in [5.41, 5.74) is 16.8. The molecule has 8 aromatic rings. The van der Waals surface area contributed by atoms with E-state index in [0.29, 0.717) is 17.8 Å². The van der Waals surface area contributed by atoms with Crippen LogP contribution in [0, 0.1) is 5.92 Å². The molecule has 0 amide bonds. The number of aromatic nitrogens is 1. The van der Waals surface area contributed by atoms with Crippen LogP contribution in [-0.2, 0) is 17.3 Å². The topological polar surface area (TPSA) is 4.93 Å². The molecule has 0 bridgehead atoms. The standard InChI is InChI=1S/C55H47N/c1-54(2)48-31-35(25-28-40(36-15-6-5-7-16-36)41-22-14-18-37-17-8-9-19-39(37)41)26-29-42(48)46-33-51-47(34-50(46)54)43-30-27-38(32-49(43)55(51,3)4)56-52-23-12-10-20-44(52)45-21-11-13-24-53(45)56/h5-24,26-27,29-34,40,47,51H,25,28H2,1-4H3. The third-order valence-corrected chi connectivity index (χ3v) is 14.0. The second-order valence-electron chi connectivity index (χ2n) is 17.7. The van der Waals surface area contributed by atoms with E-state index in [1.807, 2.05) is 0 Å². The molecule has 3 unspecified atom stereocenters. The lowest BCUT2D eigenvalue weighted by Crippen LogP contribution is -2.27. The van der Waals surface area contributed by atoms with Crippen LogP contribution >= 0.6 is 0 Å². The molecular weight excluding hydrogens is 675 g/mol. The van der Waals surface area contributed by atoms with Gasteiger partial charge in [0, 0.05) is 33.7 Å². The Hall–Kier alpha value is -5.92. The smallest absolute Gasteiger partial charge is 0.0541 e. The third-order valence-electron chi connectivity index (χ3n) is 14.0. The summed E-state index contributed by atoms with van der Waals surface area (Å²) >= 11 is 0. The number of hydrogen-bond donors (Lipinski definition) is 0. The van der Waals surface area contributed by atoms with Crippen LogP contribution in [0.5, 0.6) is 0 Å². The maximum Gasteiger partial charge on any atom is 0.0541 e. The first-order valence-electron chi connectivity index (χ1n) is 20.5. The van der Waals surface area contributed by atoms with Crippen LogP contribution in [0.1, 0.15) is 84.9 Å². The molecule has 272 valence electrons. The van der Waals surface area contributed by atoms with Crippen LogP contribution in [0.3, 0.4) is 0 Å². The van der Waals surface area contributed by atoms with Gasteiger partial charge in [-0.05, 0) is 109 Å². The molecular formula is C55H47N. The molecule has 0 spiro atoms. The average Bonchev–Trinajstić information content (AvgIpc) is 3.77. The molecule has 0 saturated heterocycles. The van der Waals surface area contributed by atoms with E-state index < -0.39 is 0 Å². The van der Waals surface area contributed by atoms with Crippen molar-refractivity contribution in [3.63, 3.8) is 0 Å². The van der Waals surface area contributed by atoms with Gasteiger partial charge in [-0.3, -0.25) is 0 Å². The molecule has 3 aliphatic carbocycles. The van der Waals surface area contributed by atoms with Crippen molar-refractivity contribution in [1.82, 2.24) is 4.57 Å². The van der Waals surface area contributed by atoms with Crippen molar-refractivity contribution in [3.05, 3.63) is 214 Å². The first-order chi connectivity index (χ1) is 27.3. The lowest BCUT2D eigenvalue weighted by atomic mass is 9.70. The van der Waals surface area contributed by atoms with Crippen molar-refractivity contribution in [3.8, 4) is 5.69 Å². The summed E-state index contributed by atoms with van der Waals surface area (Å²) in [6.07, 6.45) is 7.43.